The molecule has 4 bridgehead atoms. The van der Waals surface area contributed by atoms with Gasteiger partial charge in [-0.25, -0.2) is 4.79 Å². The number of fused-ring (bicyclic) bond motifs is 11. The first-order valence-corrected chi connectivity index (χ1v) is 19.5. The lowest BCUT2D eigenvalue weighted by molar-refractivity contribution is -0.164. The van der Waals surface area contributed by atoms with E-state index in [4.69, 9.17) is 23.7 Å². The second kappa shape index (κ2) is 12.0. The van der Waals surface area contributed by atoms with E-state index in [0.29, 0.717) is 52.7 Å². The number of aryl methyl sites for hydroxylation is 2. The maximum Gasteiger partial charge on any atom is 0.333 e. The van der Waals surface area contributed by atoms with Gasteiger partial charge in [-0.05, 0) is 62.4 Å². The highest BCUT2D eigenvalue weighted by Gasteiger charge is 2.60. The van der Waals surface area contributed by atoms with Crippen molar-refractivity contribution in [3.05, 3.63) is 74.5 Å². The number of phenolic OH excluding ortho intramolecular Hbond substituents is 1. The zero-order valence-electron chi connectivity index (χ0n) is 30.6. The second-order valence-electron chi connectivity index (χ2n) is 15.3. The standard InChI is InChI=1S/C40H42N4O9S/c1-16-6-7-23-22(10-16)21-8-9-41-40(37(21)43-23)14-54-36-28-27(35-34(51-15-52-35)18(3)33(28)53-19(4)45)25(13-50-39(40)48)44-30(36)29-26-20(12-24(42-29)38(44)47)11-17(2)32(49-5)31(26)46/h6-7,10-11,24-25,29-30,36,38,41-43,46-47H,8-9,12-15H2,1-5H3/t24-,25-,29+,30?,36+,38-,40+/m0/s1. The van der Waals surface area contributed by atoms with Crippen LogP contribution in [0.4, 0.5) is 0 Å². The second-order valence-corrected chi connectivity index (χ2v) is 16.5. The van der Waals surface area contributed by atoms with Crippen molar-refractivity contribution in [3.8, 4) is 28.7 Å². The van der Waals surface area contributed by atoms with E-state index >= 15 is 0 Å². The first-order chi connectivity index (χ1) is 26.0. The number of aromatic amines is 1. The maximum absolute atomic E-state index is 14.8. The lowest BCUT2D eigenvalue weighted by atomic mass is 9.74. The molecule has 0 amide bonds. The Bertz CT molecular complexity index is 2310. The Labute approximate surface area is 315 Å². The molecule has 0 saturated carbocycles. The molecular weight excluding hydrogens is 713 g/mol. The molecule has 0 aliphatic carbocycles. The van der Waals surface area contributed by atoms with Crippen molar-refractivity contribution >= 4 is 34.6 Å². The SMILES string of the molecule is COc1c(C)cc2c(c1O)[C@H]1N[C@@H](C2)[C@H](O)N2C1[C@@H]1SC[C@]3(NCCc4c3[nH]c3ccc(C)cc43)C(=O)OC[C@H]2c2c3c(c(C)c(OC(C)=O)c21)OCO3. The number of carbonyl (C=O) groups is 2. The summed E-state index contributed by atoms with van der Waals surface area (Å²) < 4.78 is 30.5. The Kier molecular flexibility index (Phi) is 7.58. The van der Waals surface area contributed by atoms with Crippen LogP contribution in [0.2, 0.25) is 0 Å². The summed E-state index contributed by atoms with van der Waals surface area (Å²) >= 11 is 1.53. The number of phenols is 1. The number of piperazine rings is 1. The van der Waals surface area contributed by atoms with Gasteiger partial charge in [0, 0.05) is 58.4 Å². The van der Waals surface area contributed by atoms with Crippen molar-refractivity contribution in [2.24, 2.45) is 0 Å². The van der Waals surface area contributed by atoms with Crippen LogP contribution in [0.1, 0.15) is 74.5 Å². The van der Waals surface area contributed by atoms with Gasteiger partial charge >= 0.3 is 11.9 Å². The molecule has 7 atom stereocenters. The molecule has 11 rings (SSSR count). The van der Waals surface area contributed by atoms with Gasteiger partial charge in [0.25, 0.3) is 0 Å². The molecule has 2 fully saturated rings. The molecule has 3 aromatic carbocycles. The smallest absolute Gasteiger partial charge is 0.333 e. The fourth-order valence-corrected chi connectivity index (χ4v) is 11.9. The zero-order valence-corrected chi connectivity index (χ0v) is 31.4. The van der Waals surface area contributed by atoms with Gasteiger partial charge in [-0.2, -0.15) is 0 Å². The number of nitrogens with zero attached hydrogens (tertiary/aromatic N) is 1. The number of aromatic nitrogens is 1. The van der Waals surface area contributed by atoms with Crippen molar-refractivity contribution in [1.29, 1.82) is 0 Å². The number of aliphatic hydroxyl groups is 1. The van der Waals surface area contributed by atoms with Crippen molar-refractivity contribution < 1.29 is 43.5 Å². The van der Waals surface area contributed by atoms with Crippen molar-refractivity contribution in [2.75, 3.05) is 32.8 Å². The number of aromatic hydroxyl groups is 1. The number of hydrogen-bond acceptors (Lipinski definition) is 13. The summed E-state index contributed by atoms with van der Waals surface area (Å²) in [7, 11) is 1.54. The third-order valence-corrected chi connectivity index (χ3v) is 13.8. The minimum Gasteiger partial charge on any atom is -0.504 e. The molecule has 1 unspecified atom stereocenters. The summed E-state index contributed by atoms with van der Waals surface area (Å²) in [6, 6.07) is 6.11. The van der Waals surface area contributed by atoms with Crippen LogP contribution in [0.5, 0.6) is 28.7 Å². The van der Waals surface area contributed by atoms with Crippen LogP contribution < -0.4 is 29.6 Å². The molecule has 4 aromatic rings. The van der Waals surface area contributed by atoms with Crippen LogP contribution in [-0.4, -0.2) is 83.2 Å². The highest BCUT2D eigenvalue weighted by molar-refractivity contribution is 7.99. The monoisotopic (exact) mass is 754 g/mol. The van der Waals surface area contributed by atoms with E-state index in [-0.39, 0.29) is 24.9 Å². The lowest BCUT2D eigenvalue weighted by Crippen LogP contribution is -2.69. The Morgan fingerprint density at radius 1 is 1.07 bits per heavy atom. The average Bonchev–Trinajstić information content (AvgIpc) is 3.79. The molecule has 2 saturated heterocycles. The van der Waals surface area contributed by atoms with Gasteiger partial charge in [-0.3, -0.25) is 15.0 Å². The number of methoxy groups -OCH3 is 1. The highest BCUT2D eigenvalue weighted by Crippen LogP contribution is 2.63. The lowest BCUT2D eigenvalue weighted by Gasteiger charge is -2.59. The van der Waals surface area contributed by atoms with Gasteiger partial charge < -0.3 is 44.2 Å². The number of esters is 2. The molecule has 54 heavy (non-hydrogen) atoms. The minimum atomic E-state index is -1.24. The fourth-order valence-electron chi connectivity index (χ4n) is 10.2. The average molecular weight is 755 g/mol. The molecule has 1 aromatic heterocycles. The molecule has 0 radical (unpaired) electrons. The Hall–Kier alpha value is -4.47. The van der Waals surface area contributed by atoms with Gasteiger partial charge in [0.1, 0.15) is 18.6 Å². The predicted octanol–water partition coefficient (Wildman–Crippen LogP) is 4.15. The highest BCUT2D eigenvalue weighted by atomic mass is 32.2. The van der Waals surface area contributed by atoms with Crippen LogP contribution in [0.15, 0.2) is 24.3 Å². The minimum absolute atomic E-state index is 0.0364. The third-order valence-electron chi connectivity index (χ3n) is 12.4. The molecule has 282 valence electrons. The van der Waals surface area contributed by atoms with E-state index in [1.165, 1.54) is 18.7 Å². The van der Waals surface area contributed by atoms with Crippen molar-refractivity contribution in [3.63, 3.8) is 0 Å². The fraction of sp³-hybridized carbons (Fsp3) is 0.450. The zero-order chi connectivity index (χ0) is 37.4. The Balaban J connectivity index is 1.23. The van der Waals surface area contributed by atoms with Gasteiger partial charge in [0.2, 0.25) is 6.79 Å². The summed E-state index contributed by atoms with van der Waals surface area (Å²) in [5.41, 5.74) is 7.13. The van der Waals surface area contributed by atoms with Crippen molar-refractivity contribution in [1.82, 2.24) is 20.5 Å². The number of carbonyl (C=O) groups excluding carboxylic acids is 2. The van der Waals surface area contributed by atoms with Gasteiger partial charge in [0.15, 0.2) is 28.5 Å². The summed E-state index contributed by atoms with van der Waals surface area (Å²) in [5, 5.41) is 32.2. The van der Waals surface area contributed by atoms with E-state index in [0.717, 1.165) is 50.8 Å². The number of hydrogen-bond donors (Lipinski definition) is 5. The van der Waals surface area contributed by atoms with Crippen molar-refractivity contribution in [2.45, 2.75) is 81.7 Å². The molecule has 1 spiro atoms. The van der Waals surface area contributed by atoms with Gasteiger partial charge in [0.05, 0.1) is 36.2 Å². The number of thioether (sulfide) groups is 1. The Morgan fingerprint density at radius 2 is 1.89 bits per heavy atom. The first kappa shape index (κ1) is 34.1. The maximum atomic E-state index is 14.8. The summed E-state index contributed by atoms with van der Waals surface area (Å²) in [4.78, 5) is 33.3. The molecule has 14 heteroatoms. The third kappa shape index (κ3) is 4.54. The predicted molar refractivity (Wildman–Crippen MR) is 198 cm³/mol. The summed E-state index contributed by atoms with van der Waals surface area (Å²) in [6.45, 7) is 7.57. The Morgan fingerprint density at radius 3 is 2.69 bits per heavy atom. The first-order valence-electron chi connectivity index (χ1n) is 18.4. The van der Waals surface area contributed by atoms with E-state index in [1.54, 1.807) is 7.11 Å². The summed E-state index contributed by atoms with van der Waals surface area (Å²) in [6.07, 6.45) is 0.163. The van der Waals surface area contributed by atoms with E-state index in [2.05, 4.69) is 40.7 Å². The molecule has 7 aliphatic rings. The van der Waals surface area contributed by atoms with Crippen LogP contribution >= 0.6 is 11.8 Å². The van der Waals surface area contributed by atoms with Crippen LogP contribution in [0, 0.1) is 20.8 Å². The molecular formula is C40H42N4O9S. The number of aliphatic hydroxyl groups excluding tert-OH is 1. The largest absolute Gasteiger partial charge is 0.504 e. The molecule has 13 nitrogen and oxygen atoms in total. The number of rotatable bonds is 2. The quantitative estimate of drug-likeness (QED) is 0.147. The van der Waals surface area contributed by atoms with Crippen LogP contribution in [0.25, 0.3) is 10.9 Å². The molecule has 7 aliphatic heterocycles. The summed E-state index contributed by atoms with van der Waals surface area (Å²) in [5.74, 6) is 1.07. The number of ether oxygens (including phenoxy) is 5. The van der Waals surface area contributed by atoms with E-state index < -0.39 is 53.1 Å². The van der Waals surface area contributed by atoms with E-state index in [9.17, 15) is 19.8 Å². The topological polar surface area (TPSA) is 164 Å². The van der Waals surface area contributed by atoms with Gasteiger partial charge in [-0.1, -0.05) is 17.7 Å². The molecule has 5 N–H and O–H groups in total. The van der Waals surface area contributed by atoms with Crippen LogP contribution in [0.3, 0.4) is 0 Å². The number of nitrogens with one attached hydrogen (secondary N) is 3. The number of benzene rings is 3. The number of H-pyrrole nitrogens is 1. The van der Waals surface area contributed by atoms with E-state index in [1.807, 2.05) is 24.8 Å². The van der Waals surface area contributed by atoms with Crippen LogP contribution in [-0.2, 0) is 32.7 Å². The van der Waals surface area contributed by atoms with Gasteiger partial charge in [-0.15, -0.1) is 11.8 Å². The normalized spacial score (nSPS) is 29.3. The molecule has 8 heterocycles.